The lowest BCUT2D eigenvalue weighted by Gasteiger charge is -2.37. The van der Waals surface area contributed by atoms with Gasteiger partial charge in [0.2, 0.25) is 0 Å². The van der Waals surface area contributed by atoms with Crippen molar-refractivity contribution in [3.05, 3.63) is 0 Å². The van der Waals surface area contributed by atoms with Crippen molar-refractivity contribution in [3.63, 3.8) is 0 Å². The van der Waals surface area contributed by atoms with Gasteiger partial charge in [0.25, 0.3) is 0 Å². The summed E-state index contributed by atoms with van der Waals surface area (Å²) in [4.78, 5) is 2.92. The van der Waals surface area contributed by atoms with Crippen molar-refractivity contribution in [2.75, 3.05) is 26.2 Å². The van der Waals surface area contributed by atoms with Crippen LogP contribution in [-0.2, 0) is 0 Å². The van der Waals surface area contributed by atoms with E-state index in [1.807, 2.05) is 0 Å². The predicted molar refractivity (Wildman–Crippen MR) is 79.1 cm³/mol. The van der Waals surface area contributed by atoms with Crippen LogP contribution in [0.2, 0.25) is 0 Å². The van der Waals surface area contributed by atoms with E-state index in [1.165, 1.54) is 51.9 Å². The minimum absolute atomic E-state index is 0.946. The van der Waals surface area contributed by atoms with Crippen LogP contribution in [0.25, 0.3) is 0 Å². The highest BCUT2D eigenvalue weighted by atomic mass is 15.2. The van der Waals surface area contributed by atoms with E-state index < -0.39 is 0 Å². The summed E-state index contributed by atoms with van der Waals surface area (Å²) in [5.41, 5.74) is 0. The quantitative estimate of drug-likeness (QED) is 0.841. The predicted octanol–water partition coefficient (Wildman–Crippen LogP) is 2.89. The molecular formula is C17H30N2. The van der Waals surface area contributed by atoms with Crippen molar-refractivity contribution < 1.29 is 0 Å². The number of hydrogen-bond acceptors (Lipinski definition) is 2. The fraction of sp³-hybridized carbons (Fsp3) is 1.00. The lowest BCUT2D eigenvalue weighted by Crippen LogP contribution is -2.43. The summed E-state index contributed by atoms with van der Waals surface area (Å²) in [5.74, 6) is 4.30. The monoisotopic (exact) mass is 262 g/mol. The third-order valence-corrected chi connectivity index (χ3v) is 6.70. The molecule has 0 aromatic carbocycles. The van der Waals surface area contributed by atoms with E-state index in [0.29, 0.717) is 0 Å². The molecule has 4 aliphatic rings. The van der Waals surface area contributed by atoms with E-state index in [1.54, 1.807) is 25.7 Å². The first-order chi connectivity index (χ1) is 9.40. The van der Waals surface area contributed by atoms with Crippen LogP contribution >= 0.6 is 0 Å². The summed E-state index contributed by atoms with van der Waals surface area (Å²) < 4.78 is 0. The van der Waals surface area contributed by atoms with Crippen LogP contribution in [0.4, 0.5) is 0 Å². The lowest BCUT2D eigenvalue weighted by atomic mass is 9.86. The Balaban J connectivity index is 1.37. The zero-order chi connectivity index (χ0) is 12.7. The summed E-state index contributed by atoms with van der Waals surface area (Å²) in [6.07, 6.45) is 12.1. The Morgan fingerprint density at radius 2 is 1.79 bits per heavy atom. The smallest absolute Gasteiger partial charge is 0.0125 e. The first-order valence-electron chi connectivity index (χ1n) is 8.85. The maximum Gasteiger partial charge on any atom is 0.0125 e. The average molecular weight is 262 g/mol. The minimum atomic E-state index is 0.946. The van der Waals surface area contributed by atoms with Gasteiger partial charge >= 0.3 is 0 Å². The molecule has 0 spiro atoms. The summed E-state index contributed by atoms with van der Waals surface area (Å²) in [6, 6.07) is 0.946. The van der Waals surface area contributed by atoms with Crippen LogP contribution in [0.5, 0.6) is 0 Å². The molecule has 0 radical (unpaired) electrons. The standard InChI is InChI=1S/C17H30N2/c1-2-17(14-5-7-18-8-6-14)19(9-1)12-16-11-13-3-4-15(16)10-13/h13-18H,1-12H2. The maximum atomic E-state index is 3.53. The Bertz CT molecular complexity index is 310. The molecule has 0 aromatic rings. The number of rotatable bonds is 3. The summed E-state index contributed by atoms with van der Waals surface area (Å²) in [7, 11) is 0. The van der Waals surface area contributed by atoms with Gasteiger partial charge in [-0.3, -0.25) is 4.90 Å². The fourth-order valence-electron chi connectivity index (χ4n) is 5.74. The van der Waals surface area contributed by atoms with Gasteiger partial charge in [-0.05, 0) is 88.3 Å². The van der Waals surface area contributed by atoms with E-state index in [9.17, 15) is 0 Å². The van der Waals surface area contributed by atoms with Gasteiger partial charge in [-0.15, -0.1) is 0 Å². The molecule has 2 saturated carbocycles. The Kier molecular flexibility index (Phi) is 3.57. The number of likely N-dealkylation sites (tertiary alicyclic amines) is 1. The number of nitrogens with one attached hydrogen (secondary N) is 1. The van der Waals surface area contributed by atoms with E-state index in [4.69, 9.17) is 0 Å². The number of fused-ring (bicyclic) bond motifs is 2. The largest absolute Gasteiger partial charge is 0.317 e. The van der Waals surface area contributed by atoms with Crippen LogP contribution < -0.4 is 5.32 Å². The molecule has 2 nitrogen and oxygen atoms in total. The minimum Gasteiger partial charge on any atom is -0.317 e. The second-order valence-electron chi connectivity index (χ2n) is 7.73. The van der Waals surface area contributed by atoms with Crippen LogP contribution in [0, 0.1) is 23.7 Å². The molecule has 19 heavy (non-hydrogen) atoms. The molecule has 2 aliphatic heterocycles. The molecule has 108 valence electrons. The van der Waals surface area contributed by atoms with Gasteiger partial charge in [0.15, 0.2) is 0 Å². The summed E-state index contributed by atoms with van der Waals surface area (Å²) >= 11 is 0. The number of nitrogens with zero attached hydrogens (tertiary/aromatic N) is 1. The van der Waals surface area contributed by atoms with Crippen LogP contribution in [0.1, 0.15) is 51.4 Å². The van der Waals surface area contributed by atoms with Gasteiger partial charge in [-0.1, -0.05) is 6.42 Å². The van der Waals surface area contributed by atoms with Gasteiger partial charge in [-0.25, -0.2) is 0 Å². The molecule has 4 rings (SSSR count). The van der Waals surface area contributed by atoms with Crippen molar-refractivity contribution in [2.24, 2.45) is 23.7 Å². The van der Waals surface area contributed by atoms with Crippen LogP contribution in [-0.4, -0.2) is 37.1 Å². The van der Waals surface area contributed by atoms with E-state index in [2.05, 4.69) is 10.2 Å². The van der Waals surface area contributed by atoms with Gasteiger partial charge in [0, 0.05) is 12.6 Å². The van der Waals surface area contributed by atoms with Crippen LogP contribution in [0.3, 0.4) is 0 Å². The third-order valence-electron chi connectivity index (χ3n) is 6.70. The van der Waals surface area contributed by atoms with Gasteiger partial charge < -0.3 is 5.32 Å². The first kappa shape index (κ1) is 12.6. The third kappa shape index (κ3) is 2.47. The van der Waals surface area contributed by atoms with Gasteiger partial charge in [-0.2, -0.15) is 0 Å². The van der Waals surface area contributed by atoms with Crippen molar-refractivity contribution in [2.45, 2.75) is 57.4 Å². The molecule has 0 aromatic heterocycles. The van der Waals surface area contributed by atoms with Gasteiger partial charge in [0.05, 0.1) is 0 Å². The molecule has 2 aliphatic carbocycles. The average Bonchev–Trinajstić information content (AvgIpc) is 3.16. The Morgan fingerprint density at radius 1 is 0.895 bits per heavy atom. The highest BCUT2D eigenvalue weighted by Gasteiger charge is 2.42. The number of hydrogen-bond donors (Lipinski definition) is 1. The Hall–Kier alpha value is -0.0800. The van der Waals surface area contributed by atoms with E-state index in [-0.39, 0.29) is 0 Å². The molecule has 4 atom stereocenters. The molecule has 2 heterocycles. The Labute approximate surface area is 118 Å². The van der Waals surface area contributed by atoms with E-state index >= 15 is 0 Å². The zero-order valence-electron chi connectivity index (χ0n) is 12.3. The first-order valence-corrected chi connectivity index (χ1v) is 8.85. The molecule has 2 heteroatoms. The maximum absolute atomic E-state index is 3.53. The number of piperidine rings is 1. The molecular weight excluding hydrogens is 232 g/mol. The van der Waals surface area contributed by atoms with Crippen molar-refractivity contribution in [1.82, 2.24) is 10.2 Å². The second kappa shape index (κ2) is 5.37. The highest BCUT2D eigenvalue weighted by Crippen LogP contribution is 2.49. The SMILES string of the molecule is C1CC(C2CCNCC2)N(CC2CC3CCC2C3)C1. The zero-order valence-corrected chi connectivity index (χ0v) is 12.3. The second-order valence-corrected chi connectivity index (χ2v) is 7.73. The molecule has 2 bridgehead atoms. The summed E-state index contributed by atoms with van der Waals surface area (Å²) in [6.45, 7) is 5.39. The van der Waals surface area contributed by atoms with Crippen LogP contribution in [0.15, 0.2) is 0 Å². The molecule has 4 unspecified atom stereocenters. The Morgan fingerprint density at radius 3 is 2.53 bits per heavy atom. The molecule has 1 N–H and O–H groups in total. The topological polar surface area (TPSA) is 15.3 Å². The molecule has 2 saturated heterocycles. The van der Waals surface area contributed by atoms with Gasteiger partial charge in [0.1, 0.15) is 0 Å². The lowest BCUT2D eigenvalue weighted by molar-refractivity contribution is 0.125. The summed E-state index contributed by atoms with van der Waals surface area (Å²) in [5, 5.41) is 3.53. The molecule has 4 fully saturated rings. The van der Waals surface area contributed by atoms with Crippen molar-refractivity contribution >= 4 is 0 Å². The highest BCUT2D eigenvalue weighted by molar-refractivity contribution is 4.94. The van der Waals surface area contributed by atoms with E-state index in [0.717, 1.165) is 29.7 Å². The normalized spacial score (nSPS) is 44.2. The molecule has 0 amide bonds. The van der Waals surface area contributed by atoms with Crippen molar-refractivity contribution in [1.29, 1.82) is 0 Å². The van der Waals surface area contributed by atoms with Crippen molar-refractivity contribution in [3.8, 4) is 0 Å². The fourth-order valence-corrected chi connectivity index (χ4v) is 5.74.